The molecule has 0 bridgehead atoms. The molecule has 1 unspecified atom stereocenters. The number of hydrogen-bond acceptors (Lipinski definition) is 4. The minimum absolute atomic E-state index is 0.00860. The Morgan fingerprint density at radius 1 is 1.19 bits per heavy atom. The van der Waals surface area contributed by atoms with Gasteiger partial charge < -0.3 is 10.0 Å². The van der Waals surface area contributed by atoms with Crippen LogP contribution in [-0.2, 0) is 0 Å². The average Bonchev–Trinajstić information content (AvgIpc) is 3.26. The monoisotopic (exact) mass is 395 g/mol. The van der Waals surface area contributed by atoms with Crippen LogP contribution in [0.2, 0.25) is 5.02 Å². The van der Waals surface area contributed by atoms with Crippen LogP contribution in [0.5, 0.6) is 0 Å². The summed E-state index contributed by atoms with van der Waals surface area (Å²) in [5, 5.41) is 22.4. The third kappa shape index (κ3) is 3.36. The van der Waals surface area contributed by atoms with Crippen LogP contribution in [-0.4, -0.2) is 27.4 Å². The van der Waals surface area contributed by atoms with Crippen molar-refractivity contribution in [3.8, 4) is 11.3 Å². The molecule has 0 fully saturated rings. The summed E-state index contributed by atoms with van der Waals surface area (Å²) in [5.74, 6) is 0.491. The van der Waals surface area contributed by atoms with E-state index in [-0.39, 0.29) is 11.8 Å². The van der Waals surface area contributed by atoms with Crippen molar-refractivity contribution in [2.24, 2.45) is 0 Å². The molecule has 1 aliphatic rings. The van der Waals surface area contributed by atoms with Gasteiger partial charge in [-0.1, -0.05) is 54.1 Å². The number of thiazole rings is 1. The molecule has 136 valence electrons. The highest BCUT2D eigenvalue weighted by molar-refractivity contribution is 7.11. The van der Waals surface area contributed by atoms with Gasteiger partial charge in [-0.05, 0) is 24.6 Å². The first kappa shape index (κ1) is 17.8. The van der Waals surface area contributed by atoms with E-state index in [0.29, 0.717) is 28.0 Å². The van der Waals surface area contributed by atoms with E-state index in [9.17, 15) is 5.11 Å². The van der Waals surface area contributed by atoms with E-state index >= 15 is 0 Å². The molecule has 1 atom stereocenters. The number of halogens is 1. The number of nitrogens with one attached hydrogen (secondary N) is 1. The number of aliphatic hydroxyl groups is 1. The predicted octanol–water partition coefficient (Wildman–Crippen LogP) is 5.79. The summed E-state index contributed by atoms with van der Waals surface area (Å²) < 4.78 is 0. The Balaban J connectivity index is 1.61. The van der Waals surface area contributed by atoms with Crippen molar-refractivity contribution in [3.63, 3.8) is 0 Å². The molecule has 0 spiro atoms. The van der Waals surface area contributed by atoms with Crippen molar-refractivity contribution in [1.82, 2.24) is 9.88 Å². The van der Waals surface area contributed by atoms with Crippen LogP contribution in [0.3, 0.4) is 0 Å². The minimum Gasteiger partial charge on any atom is -0.510 e. The second-order valence-corrected chi connectivity index (χ2v) is 7.73. The zero-order chi connectivity index (χ0) is 19.0. The van der Waals surface area contributed by atoms with Gasteiger partial charge in [0.15, 0.2) is 0 Å². The van der Waals surface area contributed by atoms with Gasteiger partial charge in [-0.25, -0.2) is 4.98 Å². The van der Waals surface area contributed by atoms with Crippen LogP contribution in [0.1, 0.15) is 23.5 Å². The quantitative estimate of drug-likeness (QED) is 0.588. The Hall–Kier alpha value is -2.63. The molecule has 0 amide bonds. The molecule has 2 heterocycles. The average molecular weight is 396 g/mol. The van der Waals surface area contributed by atoms with Crippen LogP contribution in [0.25, 0.3) is 16.8 Å². The van der Waals surface area contributed by atoms with Gasteiger partial charge in [0.25, 0.3) is 0 Å². The van der Waals surface area contributed by atoms with E-state index in [1.54, 1.807) is 0 Å². The molecule has 3 aromatic rings. The zero-order valence-corrected chi connectivity index (χ0v) is 16.3. The maximum Gasteiger partial charge on any atom is 0.135 e. The van der Waals surface area contributed by atoms with E-state index in [2.05, 4.69) is 4.98 Å². The molecule has 0 radical (unpaired) electrons. The summed E-state index contributed by atoms with van der Waals surface area (Å²) >= 11 is 7.50. The molecule has 4 nitrogen and oxygen atoms in total. The van der Waals surface area contributed by atoms with E-state index in [1.165, 1.54) is 11.3 Å². The first-order chi connectivity index (χ1) is 13.0. The van der Waals surface area contributed by atoms with Crippen LogP contribution < -0.4 is 0 Å². The van der Waals surface area contributed by atoms with Gasteiger partial charge in [-0.15, -0.1) is 11.3 Å². The summed E-state index contributed by atoms with van der Waals surface area (Å²) in [6.07, 6.45) is 0. The smallest absolute Gasteiger partial charge is 0.135 e. The highest BCUT2D eigenvalue weighted by Crippen LogP contribution is 2.36. The van der Waals surface area contributed by atoms with E-state index in [4.69, 9.17) is 17.0 Å². The Kier molecular flexibility index (Phi) is 4.72. The summed E-state index contributed by atoms with van der Waals surface area (Å²) in [7, 11) is 0. The number of amidine groups is 1. The molecule has 0 aliphatic carbocycles. The molecule has 6 heteroatoms. The largest absolute Gasteiger partial charge is 0.510 e. The van der Waals surface area contributed by atoms with Gasteiger partial charge in [0, 0.05) is 16.0 Å². The van der Waals surface area contributed by atoms with E-state index in [1.807, 2.05) is 71.8 Å². The van der Waals surface area contributed by atoms with Crippen LogP contribution in [0.4, 0.5) is 0 Å². The SMILES string of the molecule is CC(c1ccccc1)N1CC(O)=C(c2nc(-c3cccc(Cl)c3)cs2)C1=N. The lowest BCUT2D eigenvalue weighted by Crippen LogP contribution is -2.29. The van der Waals surface area contributed by atoms with Gasteiger partial charge >= 0.3 is 0 Å². The van der Waals surface area contributed by atoms with Gasteiger partial charge in [0.05, 0.1) is 23.9 Å². The number of nitrogens with zero attached hydrogens (tertiary/aromatic N) is 2. The molecule has 0 saturated heterocycles. The van der Waals surface area contributed by atoms with Crippen LogP contribution in [0, 0.1) is 5.41 Å². The minimum atomic E-state index is -0.00860. The van der Waals surface area contributed by atoms with Crippen LogP contribution in [0.15, 0.2) is 65.7 Å². The van der Waals surface area contributed by atoms with Crippen molar-refractivity contribution < 1.29 is 5.11 Å². The van der Waals surface area contributed by atoms with Gasteiger partial charge in [-0.2, -0.15) is 0 Å². The predicted molar refractivity (Wildman–Crippen MR) is 111 cm³/mol. The molecule has 1 aliphatic heterocycles. The van der Waals surface area contributed by atoms with E-state index in [0.717, 1.165) is 16.8 Å². The van der Waals surface area contributed by atoms with Crippen molar-refractivity contribution >= 4 is 34.3 Å². The lowest BCUT2D eigenvalue weighted by molar-refractivity contribution is 0.310. The standard InChI is InChI=1S/C21H18ClN3OS/c1-13(14-6-3-2-4-7-14)25-11-18(26)19(20(25)23)21-24-17(12-27-21)15-8-5-9-16(22)10-15/h2-10,12-13,23,26H,11H2,1H3. The number of hydrogen-bond donors (Lipinski definition) is 2. The molecule has 4 rings (SSSR count). The summed E-state index contributed by atoms with van der Waals surface area (Å²) in [5.41, 5.74) is 3.33. The first-order valence-electron chi connectivity index (χ1n) is 8.59. The molecular weight excluding hydrogens is 378 g/mol. The third-order valence-corrected chi connectivity index (χ3v) is 5.82. The Labute approximate surface area is 166 Å². The number of rotatable bonds is 4. The van der Waals surface area contributed by atoms with Crippen molar-refractivity contribution in [2.45, 2.75) is 13.0 Å². The van der Waals surface area contributed by atoms with Crippen LogP contribution >= 0.6 is 22.9 Å². The number of aliphatic hydroxyl groups excluding tert-OH is 1. The normalized spacial score (nSPS) is 15.5. The topological polar surface area (TPSA) is 60.2 Å². The molecular formula is C21H18ClN3OS. The molecule has 2 N–H and O–H groups in total. The Morgan fingerprint density at radius 3 is 2.70 bits per heavy atom. The van der Waals surface area contributed by atoms with Crippen molar-refractivity contribution in [3.05, 3.63) is 81.3 Å². The maximum absolute atomic E-state index is 10.5. The molecule has 27 heavy (non-hydrogen) atoms. The number of benzene rings is 2. The fourth-order valence-electron chi connectivity index (χ4n) is 3.24. The highest BCUT2D eigenvalue weighted by atomic mass is 35.5. The summed E-state index contributed by atoms with van der Waals surface area (Å²) in [4.78, 5) is 6.53. The Morgan fingerprint density at radius 2 is 1.96 bits per heavy atom. The van der Waals surface area contributed by atoms with Gasteiger partial charge in [0.2, 0.25) is 0 Å². The summed E-state index contributed by atoms with van der Waals surface area (Å²) in [6.45, 7) is 2.36. The van der Waals surface area contributed by atoms with Gasteiger partial charge in [0.1, 0.15) is 16.6 Å². The second kappa shape index (κ2) is 7.18. The Bertz CT molecular complexity index is 1030. The molecule has 1 aromatic heterocycles. The lowest BCUT2D eigenvalue weighted by Gasteiger charge is -2.26. The first-order valence-corrected chi connectivity index (χ1v) is 9.85. The molecule has 2 aromatic carbocycles. The third-order valence-electron chi connectivity index (χ3n) is 4.72. The van der Waals surface area contributed by atoms with Gasteiger partial charge in [-0.3, -0.25) is 5.41 Å². The van der Waals surface area contributed by atoms with Crippen molar-refractivity contribution in [1.29, 1.82) is 5.41 Å². The lowest BCUT2D eigenvalue weighted by atomic mass is 10.1. The zero-order valence-electron chi connectivity index (χ0n) is 14.7. The highest BCUT2D eigenvalue weighted by Gasteiger charge is 2.33. The van der Waals surface area contributed by atoms with Crippen molar-refractivity contribution in [2.75, 3.05) is 6.54 Å². The fraction of sp³-hybridized carbons (Fsp3) is 0.143. The maximum atomic E-state index is 10.5. The fourth-order valence-corrected chi connectivity index (χ4v) is 4.32. The second-order valence-electron chi connectivity index (χ2n) is 6.43. The molecule has 0 saturated carbocycles. The number of aromatic nitrogens is 1. The van der Waals surface area contributed by atoms with E-state index < -0.39 is 0 Å². The summed E-state index contributed by atoms with van der Waals surface area (Å²) in [6, 6.07) is 17.5.